The Bertz CT molecular complexity index is 857. The summed E-state index contributed by atoms with van der Waals surface area (Å²) >= 11 is 0. The SMILES string of the molecule is Cc1cc(OCC(=O)OCC(=O)N(CC#N)c2ccccc2)ccc1C(C)C. The van der Waals surface area contributed by atoms with Gasteiger partial charge < -0.3 is 9.47 Å². The third-order valence-electron chi connectivity index (χ3n) is 4.17. The number of nitriles is 1. The van der Waals surface area contributed by atoms with Gasteiger partial charge in [-0.05, 0) is 48.2 Å². The maximum Gasteiger partial charge on any atom is 0.344 e. The zero-order chi connectivity index (χ0) is 20.5. The summed E-state index contributed by atoms with van der Waals surface area (Å²) in [4.78, 5) is 25.5. The summed E-state index contributed by atoms with van der Waals surface area (Å²) < 4.78 is 10.5. The van der Waals surface area contributed by atoms with E-state index in [0.29, 0.717) is 17.4 Å². The van der Waals surface area contributed by atoms with Gasteiger partial charge >= 0.3 is 5.97 Å². The van der Waals surface area contributed by atoms with Crippen LogP contribution in [-0.2, 0) is 14.3 Å². The molecular weight excluding hydrogens is 356 g/mol. The average Bonchev–Trinajstić information content (AvgIpc) is 2.69. The van der Waals surface area contributed by atoms with Gasteiger partial charge in [0.05, 0.1) is 6.07 Å². The molecule has 6 heteroatoms. The molecule has 0 saturated heterocycles. The molecule has 0 aliphatic rings. The van der Waals surface area contributed by atoms with Gasteiger partial charge in [-0.15, -0.1) is 0 Å². The van der Waals surface area contributed by atoms with Crippen LogP contribution >= 0.6 is 0 Å². The molecule has 2 aromatic carbocycles. The Balaban J connectivity index is 1.87. The summed E-state index contributed by atoms with van der Waals surface area (Å²) in [6, 6.07) is 16.4. The summed E-state index contributed by atoms with van der Waals surface area (Å²) in [6.07, 6.45) is 0. The summed E-state index contributed by atoms with van der Waals surface area (Å²) in [7, 11) is 0. The van der Waals surface area contributed by atoms with E-state index in [4.69, 9.17) is 14.7 Å². The van der Waals surface area contributed by atoms with Crippen LogP contribution in [0.4, 0.5) is 5.69 Å². The molecule has 6 nitrogen and oxygen atoms in total. The van der Waals surface area contributed by atoms with E-state index in [1.165, 1.54) is 10.5 Å². The number of anilines is 1. The highest BCUT2D eigenvalue weighted by Crippen LogP contribution is 2.23. The quantitative estimate of drug-likeness (QED) is 0.516. The smallest absolute Gasteiger partial charge is 0.344 e. The van der Waals surface area contributed by atoms with Crippen LogP contribution in [0.5, 0.6) is 5.75 Å². The van der Waals surface area contributed by atoms with Crippen LogP contribution in [0.1, 0.15) is 30.9 Å². The van der Waals surface area contributed by atoms with Gasteiger partial charge in [-0.1, -0.05) is 38.1 Å². The van der Waals surface area contributed by atoms with Crippen molar-refractivity contribution in [3.63, 3.8) is 0 Å². The Labute approximate surface area is 165 Å². The molecule has 0 fully saturated rings. The van der Waals surface area contributed by atoms with Crippen molar-refractivity contribution in [2.24, 2.45) is 0 Å². The highest BCUT2D eigenvalue weighted by Gasteiger charge is 2.17. The number of nitrogens with zero attached hydrogens (tertiary/aromatic N) is 2. The predicted octanol–water partition coefficient (Wildman–Crippen LogP) is 3.60. The van der Waals surface area contributed by atoms with Crippen molar-refractivity contribution in [3.8, 4) is 11.8 Å². The van der Waals surface area contributed by atoms with Crippen LogP contribution in [0.25, 0.3) is 0 Å². The Morgan fingerprint density at radius 1 is 1.11 bits per heavy atom. The Hall–Kier alpha value is -3.33. The van der Waals surface area contributed by atoms with Gasteiger partial charge in [-0.25, -0.2) is 4.79 Å². The molecule has 2 rings (SSSR count). The van der Waals surface area contributed by atoms with E-state index in [1.807, 2.05) is 37.3 Å². The molecule has 146 valence electrons. The molecule has 0 N–H and O–H groups in total. The highest BCUT2D eigenvalue weighted by molar-refractivity contribution is 5.95. The van der Waals surface area contributed by atoms with Crippen LogP contribution in [0.2, 0.25) is 0 Å². The predicted molar refractivity (Wildman–Crippen MR) is 106 cm³/mol. The first kappa shape index (κ1) is 21.0. The zero-order valence-corrected chi connectivity index (χ0v) is 16.3. The topological polar surface area (TPSA) is 79.6 Å². The normalized spacial score (nSPS) is 10.2. The third kappa shape index (κ3) is 5.85. The average molecular weight is 380 g/mol. The summed E-state index contributed by atoms with van der Waals surface area (Å²) in [6.45, 7) is 5.34. The number of aryl methyl sites for hydroxylation is 1. The summed E-state index contributed by atoms with van der Waals surface area (Å²) in [5, 5.41) is 8.94. The van der Waals surface area contributed by atoms with Gasteiger partial charge in [0.25, 0.3) is 5.91 Å². The van der Waals surface area contributed by atoms with E-state index < -0.39 is 18.5 Å². The lowest BCUT2D eigenvalue weighted by atomic mass is 9.98. The number of para-hydroxylation sites is 1. The fourth-order valence-electron chi connectivity index (χ4n) is 2.79. The lowest BCUT2D eigenvalue weighted by Crippen LogP contribution is -2.35. The van der Waals surface area contributed by atoms with Gasteiger partial charge in [0.15, 0.2) is 13.2 Å². The molecule has 0 radical (unpaired) electrons. The lowest BCUT2D eigenvalue weighted by Gasteiger charge is -2.19. The number of carbonyl (C=O) groups is 2. The van der Waals surface area contributed by atoms with Crippen LogP contribution in [0, 0.1) is 18.3 Å². The number of benzene rings is 2. The summed E-state index contributed by atoms with van der Waals surface area (Å²) in [5.74, 6) is -0.145. The first-order valence-electron chi connectivity index (χ1n) is 9.03. The highest BCUT2D eigenvalue weighted by atomic mass is 16.6. The molecule has 2 aromatic rings. The largest absolute Gasteiger partial charge is 0.482 e. The second kappa shape index (κ2) is 10.1. The fourth-order valence-corrected chi connectivity index (χ4v) is 2.79. The molecule has 0 atom stereocenters. The van der Waals surface area contributed by atoms with E-state index in [2.05, 4.69) is 13.8 Å². The van der Waals surface area contributed by atoms with E-state index in [0.717, 1.165) is 5.56 Å². The number of rotatable bonds is 8. The fraction of sp³-hybridized carbons (Fsp3) is 0.318. The van der Waals surface area contributed by atoms with E-state index >= 15 is 0 Å². The maximum absolute atomic E-state index is 12.3. The molecule has 0 spiro atoms. The molecule has 1 amide bonds. The second-order valence-electron chi connectivity index (χ2n) is 6.60. The number of ether oxygens (including phenoxy) is 2. The molecule has 0 aliphatic carbocycles. The molecule has 0 bridgehead atoms. The van der Waals surface area contributed by atoms with Gasteiger partial charge in [0.2, 0.25) is 0 Å². The zero-order valence-electron chi connectivity index (χ0n) is 16.3. The van der Waals surface area contributed by atoms with Crippen molar-refractivity contribution in [2.45, 2.75) is 26.7 Å². The minimum Gasteiger partial charge on any atom is -0.482 e. The Morgan fingerprint density at radius 2 is 1.82 bits per heavy atom. The lowest BCUT2D eigenvalue weighted by molar-refractivity contribution is -0.149. The first-order chi connectivity index (χ1) is 13.4. The molecular formula is C22H24N2O4. The number of hydrogen-bond donors (Lipinski definition) is 0. The maximum atomic E-state index is 12.3. The van der Waals surface area contributed by atoms with Crippen molar-refractivity contribution < 1.29 is 19.1 Å². The van der Waals surface area contributed by atoms with E-state index in [9.17, 15) is 9.59 Å². The van der Waals surface area contributed by atoms with Crippen molar-refractivity contribution in [1.29, 1.82) is 5.26 Å². The molecule has 0 aliphatic heterocycles. The summed E-state index contributed by atoms with van der Waals surface area (Å²) in [5.41, 5.74) is 2.88. The van der Waals surface area contributed by atoms with E-state index in [1.54, 1.807) is 24.3 Å². The Morgan fingerprint density at radius 3 is 2.43 bits per heavy atom. The standard InChI is InChI=1S/C22H24N2O4/c1-16(2)20-10-9-19(13-17(20)3)27-15-22(26)28-14-21(25)24(12-11-23)18-7-5-4-6-8-18/h4-10,13,16H,12,14-15H2,1-3H3. The molecule has 0 saturated carbocycles. The minimum absolute atomic E-state index is 0.127. The number of hydrogen-bond acceptors (Lipinski definition) is 5. The van der Waals surface area contributed by atoms with Gasteiger partial charge in [0, 0.05) is 5.69 Å². The van der Waals surface area contributed by atoms with Crippen molar-refractivity contribution >= 4 is 17.6 Å². The first-order valence-corrected chi connectivity index (χ1v) is 9.03. The van der Waals surface area contributed by atoms with E-state index in [-0.39, 0.29) is 13.2 Å². The van der Waals surface area contributed by atoms with Gasteiger partial charge in [-0.3, -0.25) is 9.69 Å². The number of esters is 1. The van der Waals surface area contributed by atoms with Crippen molar-refractivity contribution in [1.82, 2.24) is 0 Å². The van der Waals surface area contributed by atoms with Crippen LogP contribution < -0.4 is 9.64 Å². The number of carbonyl (C=O) groups excluding carboxylic acids is 2. The third-order valence-corrected chi connectivity index (χ3v) is 4.17. The second-order valence-corrected chi connectivity index (χ2v) is 6.60. The Kier molecular flexibility index (Phi) is 7.58. The van der Waals surface area contributed by atoms with Crippen molar-refractivity contribution in [2.75, 3.05) is 24.7 Å². The van der Waals surface area contributed by atoms with Gasteiger partial charge in [0.1, 0.15) is 12.3 Å². The molecule has 0 heterocycles. The van der Waals surface area contributed by atoms with Crippen LogP contribution in [0.3, 0.4) is 0 Å². The van der Waals surface area contributed by atoms with Crippen LogP contribution in [-0.4, -0.2) is 31.6 Å². The molecule has 28 heavy (non-hydrogen) atoms. The number of amides is 1. The monoisotopic (exact) mass is 380 g/mol. The van der Waals surface area contributed by atoms with Gasteiger partial charge in [-0.2, -0.15) is 5.26 Å². The molecule has 0 aromatic heterocycles. The van der Waals surface area contributed by atoms with Crippen LogP contribution in [0.15, 0.2) is 48.5 Å². The minimum atomic E-state index is -0.649. The molecule has 0 unspecified atom stereocenters. The van der Waals surface area contributed by atoms with Crippen molar-refractivity contribution in [3.05, 3.63) is 59.7 Å².